The summed E-state index contributed by atoms with van der Waals surface area (Å²) < 4.78 is 0. The molecule has 3 aromatic rings. The highest BCUT2D eigenvalue weighted by atomic mass is 35.5. The molecular formula is C16H12ClN3S. The zero-order chi connectivity index (χ0) is 14.7. The van der Waals surface area contributed by atoms with Crippen molar-refractivity contribution in [3.8, 4) is 22.4 Å². The largest absolute Gasteiger partial charge is 0.219 e. The Kier molecular flexibility index (Phi) is 4.18. The van der Waals surface area contributed by atoms with Gasteiger partial charge in [0.15, 0.2) is 0 Å². The second kappa shape index (κ2) is 6.24. The van der Waals surface area contributed by atoms with Crippen molar-refractivity contribution in [1.82, 2.24) is 15.2 Å². The van der Waals surface area contributed by atoms with Gasteiger partial charge in [-0.15, -0.1) is 5.10 Å². The highest BCUT2D eigenvalue weighted by Gasteiger charge is 2.04. The first kappa shape index (κ1) is 14.0. The lowest BCUT2D eigenvalue weighted by atomic mass is 10.0. The Labute approximate surface area is 132 Å². The summed E-state index contributed by atoms with van der Waals surface area (Å²) in [5.41, 5.74) is 4.13. The fourth-order valence-corrected chi connectivity index (χ4v) is 2.43. The summed E-state index contributed by atoms with van der Waals surface area (Å²) in [6.45, 7) is 0. The van der Waals surface area contributed by atoms with Crippen LogP contribution in [0.3, 0.4) is 0 Å². The van der Waals surface area contributed by atoms with Crippen LogP contribution in [-0.2, 0) is 0 Å². The van der Waals surface area contributed by atoms with Crippen LogP contribution in [0.1, 0.15) is 0 Å². The third-order valence-corrected chi connectivity index (χ3v) is 3.87. The summed E-state index contributed by atoms with van der Waals surface area (Å²) in [6, 6.07) is 16.0. The monoisotopic (exact) mass is 313 g/mol. The Bertz CT molecular complexity index is 742. The standard InChI is InChI=1S/C16H12ClN3S/c1-21-16-19-15(10-18-20-16)13-4-2-11(3-5-13)12-6-8-14(17)9-7-12/h2-10H,1H3. The number of aromatic nitrogens is 3. The van der Waals surface area contributed by atoms with Crippen molar-refractivity contribution in [1.29, 1.82) is 0 Å². The molecule has 104 valence electrons. The predicted molar refractivity (Wildman–Crippen MR) is 87.5 cm³/mol. The number of benzene rings is 2. The summed E-state index contributed by atoms with van der Waals surface area (Å²) in [7, 11) is 0. The van der Waals surface area contributed by atoms with E-state index in [9.17, 15) is 0 Å². The highest BCUT2D eigenvalue weighted by molar-refractivity contribution is 7.98. The van der Waals surface area contributed by atoms with Crippen molar-refractivity contribution in [2.75, 3.05) is 6.26 Å². The van der Waals surface area contributed by atoms with Gasteiger partial charge < -0.3 is 0 Å². The van der Waals surface area contributed by atoms with Gasteiger partial charge in [-0.25, -0.2) is 4.98 Å². The zero-order valence-electron chi connectivity index (χ0n) is 11.3. The van der Waals surface area contributed by atoms with E-state index < -0.39 is 0 Å². The molecule has 0 aliphatic rings. The lowest BCUT2D eigenvalue weighted by molar-refractivity contribution is 0.846. The third kappa shape index (κ3) is 3.23. The molecule has 0 aliphatic carbocycles. The molecule has 1 heterocycles. The Morgan fingerprint density at radius 2 is 1.43 bits per heavy atom. The van der Waals surface area contributed by atoms with Crippen molar-refractivity contribution in [3.63, 3.8) is 0 Å². The lowest BCUT2D eigenvalue weighted by Gasteiger charge is -2.05. The van der Waals surface area contributed by atoms with E-state index in [1.54, 1.807) is 6.20 Å². The first-order valence-corrected chi connectivity index (χ1v) is 7.96. The minimum Gasteiger partial charge on any atom is -0.219 e. The van der Waals surface area contributed by atoms with Gasteiger partial charge in [0.2, 0.25) is 5.16 Å². The summed E-state index contributed by atoms with van der Waals surface area (Å²) in [4.78, 5) is 4.45. The van der Waals surface area contributed by atoms with Crippen LogP contribution < -0.4 is 0 Å². The summed E-state index contributed by atoms with van der Waals surface area (Å²) in [5.74, 6) is 0. The van der Waals surface area contributed by atoms with Crippen molar-refractivity contribution < 1.29 is 0 Å². The molecule has 3 rings (SSSR count). The van der Waals surface area contributed by atoms with Gasteiger partial charge >= 0.3 is 0 Å². The number of nitrogens with zero attached hydrogens (tertiary/aromatic N) is 3. The van der Waals surface area contributed by atoms with Gasteiger partial charge in [0.25, 0.3) is 0 Å². The Balaban J connectivity index is 1.91. The molecule has 0 saturated heterocycles. The molecule has 0 saturated carbocycles. The maximum atomic E-state index is 5.91. The van der Waals surface area contributed by atoms with Gasteiger partial charge in [0.1, 0.15) is 0 Å². The average molecular weight is 314 g/mol. The quantitative estimate of drug-likeness (QED) is 0.663. The van der Waals surface area contributed by atoms with Gasteiger partial charge in [-0.3, -0.25) is 0 Å². The SMILES string of the molecule is CSc1nncc(-c2ccc(-c3ccc(Cl)cc3)cc2)n1. The normalized spacial score (nSPS) is 10.6. The topological polar surface area (TPSA) is 38.7 Å². The van der Waals surface area contributed by atoms with E-state index in [1.165, 1.54) is 11.8 Å². The Morgan fingerprint density at radius 3 is 2.05 bits per heavy atom. The molecule has 21 heavy (non-hydrogen) atoms. The van der Waals surface area contributed by atoms with E-state index in [2.05, 4.69) is 27.3 Å². The molecule has 0 bridgehead atoms. The average Bonchev–Trinajstić information content (AvgIpc) is 2.56. The number of rotatable bonds is 3. The van der Waals surface area contributed by atoms with Gasteiger partial charge in [-0.1, -0.05) is 59.8 Å². The minimum absolute atomic E-state index is 0.675. The van der Waals surface area contributed by atoms with Gasteiger partial charge in [-0.2, -0.15) is 5.10 Å². The van der Waals surface area contributed by atoms with Crippen LogP contribution in [0.25, 0.3) is 22.4 Å². The molecule has 0 spiro atoms. The molecule has 2 aromatic carbocycles. The molecule has 0 fully saturated rings. The maximum Gasteiger partial charge on any atom is 0.209 e. The molecule has 0 radical (unpaired) electrons. The molecule has 5 heteroatoms. The van der Waals surface area contributed by atoms with Crippen LogP contribution in [0.15, 0.2) is 59.9 Å². The lowest BCUT2D eigenvalue weighted by Crippen LogP contribution is -1.92. The highest BCUT2D eigenvalue weighted by Crippen LogP contribution is 2.25. The van der Waals surface area contributed by atoms with Crippen molar-refractivity contribution >= 4 is 23.4 Å². The van der Waals surface area contributed by atoms with Crippen LogP contribution in [0, 0.1) is 0 Å². The van der Waals surface area contributed by atoms with Crippen LogP contribution in [-0.4, -0.2) is 21.4 Å². The van der Waals surface area contributed by atoms with Crippen molar-refractivity contribution in [2.45, 2.75) is 5.16 Å². The summed E-state index contributed by atoms with van der Waals surface area (Å²) in [6.07, 6.45) is 3.61. The molecule has 0 N–H and O–H groups in total. The van der Waals surface area contributed by atoms with E-state index in [1.807, 2.05) is 42.7 Å². The number of halogens is 1. The van der Waals surface area contributed by atoms with E-state index in [4.69, 9.17) is 11.6 Å². The summed E-state index contributed by atoms with van der Waals surface area (Å²) in [5, 5.41) is 9.34. The first-order chi connectivity index (χ1) is 10.3. The molecule has 0 atom stereocenters. The van der Waals surface area contributed by atoms with E-state index in [0.717, 1.165) is 27.4 Å². The minimum atomic E-state index is 0.675. The fourth-order valence-electron chi connectivity index (χ4n) is 1.99. The number of hydrogen-bond donors (Lipinski definition) is 0. The number of hydrogen-bond acceptors (Lipinski definition) is 4. The molecule has 0 amide bonds. The maximum absolute atomic E-state index is 5.91. The molecule has 0 aliphatic heterocycles. The molecule has 0 unspecified atom stereocenters. The molecule has 3 nitrogen and oxygen atoms in total. The summed E-state index contributed by atoms with van der Waals surface area (Å²) >= 11 is 7.39. The van der Waals surface area contributed by atoms with Gasteiger partial charge in [0, 0.05) is 10.6 Å². The van der Waals surface area contributed by atoms with E-state index in [-0.39, 0.29) is 0 Å². The van der Waals surface area contributed by atoms with Crippen LogP contribution in [0.4, 0.5) is 0 Å². The second-order valence-corrected chi connectivity index (χ2v) is 5.62. The Hall–Kier alpha value is -1.91. The second-order valence-electron chi connectivity index (χ2n) is 4.41. The fraction of sp³-hybridized carbons (Fsp3) is 0.0625. The molecular weight excluding hydrogens is 302 g/mol. The van der Waals surface area contributed by atoms with Crippen molar-refractivity contribution in [3.05, 3.63) is 59.8 Å². The van der Waals surface area contributed by atoms with Crippen LogP contribution in [0.5, 0.6) is 0 Å². The first-order valence-electron chi connectivity index (χ1n) is 6.36. The van der Waals surface area contributed by atoms with Crippen LogP contribution >= 0.6 is 23.4 Å². The smallest absolute Gasteiger partial charge is 0.209 e. The van der Waals surface area contributed by atoms with Gasteiger partial charge in [0.05, 0.1) is 11.9 Å². The third-order valence-electron chi connectivity index (χ3n) is 3.08. The van der Waals surface area contributed by atoms with Crippen molar-refractivity contribution in [2.24, 2.45) is 0 Å². The van der Waals surface area contributed by atoms with E-state index in [0.29, 0.717) is 5.16 Å². The van der Waals surface area contributed by atoms with E-state index >= 15 is 0 Å². The predicted octanol–water partition coefficient (Wildman–Crippen LogP) is 4.58. The molecule has 1 aromatic heterocycles. The zero-order valence-corrected chi connectivity index (χ0v) is 12.9. The van der Waals surface area contributed by atoms with Gasteiger partial charge in [-0.05, 0) is 29.5 Å². The Morgan fingerprint density at radius 1 is 0.857 bits per heavy atom. The van der Waals surface area contributed by atoms with Crippen LogP contribution in [0.2, 0.25) is 5.02 Å². The number of thioether (sulfide) groups is 1.